The van der Waals surface area contributed by atoms with Crippen LogP contribution in [0.2, 0.25) is 0 Å². The molecule has 0 saturated carbocycles. The number of nitrogens with one attached hydrogen (secondary N) is 1. The first-order chi connectivity index (χ1) is 6.90. The molecule has 0 atom stereocenters. The summed E-state index contributed by atoms with van der Waals surface area (Å²) in [6, 6.07) is 6.29. The number of pyridine rings is 1. The van der Waals surface area contributed by atoms with Gasteiger partial charge in [0, 0.05) is 25.1 Å². The van der Waals surface area contributed by atoms with Crippen LogP contribution in [-0.4, -0.2) is 11.5 Å². The molecule has 1 aliphatic heterocycles. The van der Waals surface area contributed by atoms with Crippen LogP contribution in [0, 0.1) is 11.3 Å². The van der Waals surface area contributed by atoms with Crippen molar-refractivity contribution < 1.29 is 0 Å². The number of hydrogen-bond acceptors (Lipinski definition) is 3. The number of nitrogens with zero attached hydrogens (tertiary/aromatic N) is 2. The summed E-state index contributed by atoms with van der Waals surface area (Å²) >= 11 is 0. The van der Waals surface area contributed by atoms with E-state index in [0.717, 1.165) is 30.9 Å². The van der Waals surface area contributed by atoms with Gasteiger partial charge in [0.15, 0.2) is 0 Å². The van der Waals surface area contributed by atoms with Crippen LogP contribution in [0.5, 0.6) is 0 Å². The first kappa shape index (κ1) is 11.8. The van der Waals surface area contributed by atoms with Crippen molar-refractivity contribution in [1.29, 1.82) is 5.26 Å². The van der Waals surface area contributed by atoms with E-state index < -0.39 is 0 Å². The Hall–Kier alpha value is -1.27. The van der Waals surface area contributed by atoms with Gasteiger partial charge in [-0.05, 0) is 24.5 Å². The molecule has 3 nitrogen and oxygen atoms in total. The van der Waals surface area contributed by atoms with Gasteiger partial charge in [0.05, 0.1) is 6.07 Å². The van der Waals surface area contributed by atoms with Crippen molar-refractivity contribution in [2.24, 2.45) is 0 Å². The van der Waals surface area contributed by atoms with E-state index in [2.05, 4.69) is 22.4 Å². The lowest BCUT2D eigenvalue weighted by Gasteiger charge is -2.17. The second-order valence-electron chi connectivity index (χ2n) is 3.50. The van der Waals surface area contributed by atoms with E-state index in [4.69, 9.17) is 5.26 Å². The fourth-order valence-corrected chi connectivity index (χ4v) is 1.69. The Kier molecular flexibility index (Phi) is 4.38. The third-order valence-electron chi connectivity index (χ3n) is 2.44. The maximum absolute atomic E-state index is 8.47. The van der Waals surface area contributed by atoms with Gasteiger partial charge in [-0.2, -0.15) is 5.26 Å². The number of anilines is 1. The number of fused-ring (bicyclic) bond motifs is 1. The molecule has 0 spiro atoms. The van der Waals surface area contributed by atoms with Gasteiger partial charge in [-0.1, -0.05) is 6.07 Å². The summed E-state index contributed by atoms with van der Waals surface area (Å²) in [6.07, 6.45) is 3.61. The Morgan fingerprint density at radius 1 is 1.47 bits per heavy atom. The van der Waals surface area contributed by atoms with Crippen LogP contribution in [-0.2, 0) is 12.8 Å². The zero-order valence-electron chi connectivity index (χ0n) is 8.49. The molecule has 0 bridgehead atoms. The highest BCUT2D eigenvalue weighted by atomic mass is 35.5. The minimum absolute atomic E-state index is 0. The molecule has 0 saturated heterocycles. The third kappa shape index (κ3) is 2.84. The first-order valence-electron chi connectivity index (χ1n) is 5.00. The third-order valence-corrected chi connectivity index (χ3v) is 2.44. The van der Waals surface area contributed by atoms with E-state index in [-0.39, 0.29) is 12.4 Å². The SMILES string of the molecule is Cl.N#CCCc1ccc2c(n1)NCCC2. The van der Waals surface area contributed by atoms with Gasteiger partial charge >= 0.3 is 0 Å². The quantitative estimate of drug-likeness (QED) is 0.837. The second kappa shape index (κ2) is 5.57. The average molecular weight is 224 g/mol. The Bertz CT molecular complexity index is 371. The molecule has 0 unspecified atom stereocenters. The largest absolute Gasteiger partial charge is 0.370 e. The number of hydrogen-bond donors (Lipinski definition) is 1. The van der Waals surface area contributed by atoms with Gasteiger partial charge in [-0.15, -0.1) is 12.4 Å². The molecular formula is C11H14ClN3. The molecule has 2 heterocycles. The van der Waals surface area contributed by atoms with Crippen molar-refractivity contribution in [3.63, 3.8) is 0 Å². The van der Waals surface area contributed by atoms with E-state index in [1.165, 1.54) is 12.0 Å². The maximum atomic E-state index is 8.47. The molecule has 80 valence electrons. The molecule has 1 aromatic rings. The van der Waals surface area contributed by atoms with E-state index in [1.54, 1.807) is 0 Å². The Morgan fingerprint density at radius 2 is 2.33 bits per heavy atom. The van der Waals surface area contributed by atoms with Crippen molar-refractivity contribution in [3.8, 4) is 6.07 Å². The number of halogens is 1. The predicted octanol–water partition coefficient (Wildman–Crippen LogP) is 2.32. The van der Waals surface area contributed by atoms with Gasteiger partial charge in [-0.25, -0.2) is 4.98 Å². The number of aromatic nitrogens is 1. The lowest BCUT2D eigenvalue weighted by atomic mass is 10.1. The van der Waals surface area contributed by atoms with E-state index in [1.807, 2.05) is 6.07 Å². The van der Waals surface area contributed by atoms with Gasteiger partial charge in [0.1, 0.15) is 5.82 Å². The topological polar surface area (TPSA) is 48.7 Å². The summed E-state index contributed by atoms with van der Waals surface area (Å²) < 4.78 is 0. The van der Waals surface area contributed by atoms with Crippen LogP contribution in [0.3, 0.4) is 0 Å². The number of nitriles is 1. The summed E-state index contributed by atoms with van der Waals surface area (Å²) in [5, 5.41) is 11.8. The standard InChI is InChI=1S/C11H13N3.ClH/c12-7-1-4-10-6-5-9-3-2-8-13-11(9)14-10;/h5-6H,1-4,8H2,(H,13,14);1H. The summed E-state index contributed by atoms with van der Waals surface area (Å²) in [5.41, 5.74) is 2.32. The molecule has 1 aliphatic rings. The van der Waals surface area contributed by atoms with E-state index in [0.29, 0.717) is 6.42 Å². The molecule has 2 rings (SSSR count). The van der Waals surface area contributed by atoms with Crippen molar-refractivity contribution in [1.82, 2.24) is 4.98 Å². The van der Waals surface area contributed by atoms with Gasteiger partial charge in [0.25, 0.3) is 0 Å². The lowest BCUT2D eigenvalue weighted by molar-refractivity contribution is 0.808. The molecule has 1 N–H and O–H groups in total. The zero-order valence-corrected chi connectivity index (χ0v) is 9.31. The maximum Gasteiger partial charge on any atom is 0.129 e. The molecule has 0 amide bonds. The zero-order chi connectivity index (χ0) is 9.80. The van der Waals surface area contributed by atoms with Gasteiger partial charge in [0.2, 0.25) is 0 Å². The summed E-state index contributed by atoms with van der Waals surface area (Å²) in [7, 11) is 0. The molecule has 0 aromatic carbocycles. The summed E-state index contributed by atoms with van der Waals surface area (Å²) in [5.74, 6) is 1.02. The average Bonchev–Trinajstić information content (AvgIpc) is 2.26. The minimum atomic E-state index is 0. The van der Waals surface area contributed by atoms with Gasteiger partial charge in [-0.3, -0.25) is 0 Å². The van der Waals surface area contributed by atoms with Crippen LogP contribution in [0.4, 0.5) is 5.82 Å². The number of rotatable bonds is 2. The van der Waals surface area contributed by atoms with Crippen molar-refractivity contribution >= 4 is 18.2 Å². The predicted molar refractivity (Wildman–Crippen MR) is 62.2 cm³/mol. The molecule has 4 heteroatoms. The van der Waals surface area contributed by atoms with Crippen LogP contribution in [0.25, 0.3) is 0 Å². The Morgan fingerprint density at radius 3 is 3.13 bits per heavy atom. The first-order valence-corrected chi connectivity index (χ1v) is 5.00. The minimum Gasteiger partial charge on any atom is -0.370 e. The van der Waals surface area contributed by atoms with Crippen LogP contribution < -0.4 is 5.32 Å². The highest BCUT2D eigenvalue weighted by Crippen LogP contribution is 2.19. The van der Waals surface area contributed by atoms with Crippen LogP contribution >= 0.6 is 12.4 Å². The highest BCUT2D eigenvalue weighted by Gasteiger charge is 2.09. The molecule has 15 heavy (non-hydrogen) atoms. The van der Waals surface area contributed by atoms with Crippen molar-refractivity contribution in [2.45, 2.75) is 25.7 Å². The van der Waals surface area contributed by atoms with E-state index >= 15 is 0 Å². The van der Waals surface area contributed by atoms with Crippen molar-refractivity contribution in [2.75, 3.05) is 11.9 Å². The highest BCUT2D eigenvalue weighted by molar-refractivity contribution is 5.85. The fourth-order valence-electron chi connectivity index (χ4n) is 1.69. The second-order valence-corrected chi connectivity index (χ2v) is 3.50. The van der Waals surface area contributed by atoms with Crippen LogP contribution in [0.15, 0.2) is 12.1 Å². The van der Waals surface area contributed by atoms with E-state index in [9.17, 15) is 0 Å². The Balaban J connectivity index is 0.00000112. The molecule has 1 aromatic heterocycles. The smallest absolute Gasteiger partial charge is 0.129 e. The fraction of sp³-hybridized carbons (Fsp3) is 0.455. The Labute approximate surface area is 95.9 Å². The monoisotopic (exact) mass is 223 g/mol. The van der Waals surface area contributed by atoms with Gasteiger partial charge < -0.3 is 5.32 Å². The summed E-state index contributed by atoms with van der Waals surface area (Å²) in [4.78, 5) is 4.49. The van der Waals surface area contributed by atoms with Crippen molar-refractivity contribution in [3.05, 3.63) is 23.4 Å². The molecule has 0 fully saturated rings. The molecule has 0 aliphatic carbocycles. The summed E-state index contributed by atoms with van der Waals surface area (Å²) in [6.45, 7) is 1.02. The lowest BCUT2D eigenvalue weighted by Crippen LogP contribution is -2.13. The number of aryl methyl sites for hydroxylation is 2. The molecule has 0 radical (unpaired) electrons. The van der Waals surface area contributed by atoms with Crippen LogP contribution in [0.1, 0.15) is 24.1 Å². The normalized spacial score (nSPS) is 13.0. The molecular weight excluding hydrogens is 210 g/mol.